The van der Waals surface area contributed by atoms with E-state index in [1.165, 1.54) is 0 Å². The number of nitrogens with zero attached hydrogens (tertiary/aromatic N) is 1. The van der Waals surface area contributed by atoms with Crippen molar-refractivity contribution >= 4 is 21.6 Å². The van der Waals surface area contributed by atoms with Crippen molar-refractivity contribution in [1.82, 2.24) is 10.2 Å². The van der Waals surface area contributed by atoms with Crippen molar-refractivity contribution in [1.29, 1.82) is 0 Å². The Kier molecular flexibility index (Phi) is 4.88. The molecule has 0 aromatic heterocycles. The summed E-state index contributed by atoms with van der Waals surface area (Å²) in [6.45, 7) is 1.75. The van der Waals surface area contributed by atoms with Crippen LogP contribution in [0.1, 0.15) is 29.6 Å². The summed E-state index contributed by atoms with van der Waals surface area (Å²) in [6, 6.07) is 15.4. The number of hydrogen-bond acceptors (Lipinski definition) is 4. The van der Waals surface area contributed by atoms with E-state index in [4.69, 9.17) is 0 Å². The molecule has 1 amide bonds. The van der Waals surface area contributed by atoms with E-state index in [0.717, 1.165) is 32.4 Å². The predicted octanol–water partition coefficient (Wildman–Crippen LogP) is 2.45. The highest BCUT2D eigenvalue weighted by Gasteiger charge is 2.38. The molecule has 2 aliphatic heterocycles. The summed E-state index contributed by atoms with van der Waals surface area (Å²) in [5, 5.41) is 3.39. The van der Waals surface area contributed by atoms with Gasteiger partial charge in [0.05, 0.1) is 4.90 Å². The Hall–Kier alpha value is -2.38. The molecule has 0 radical (unpaired) electrons. The number of anilines is 1. The normalized spacial score (nSPS) is 22.3. The molecule has 2 saturated heterocycles. The van der Waals surface area contributed by atoms with Crippen LogP contribution in [0.2, 0.25) is 0 Å². The van der Waals surface area contributed by atoms with Gasteiger partial charge in [-0.05, 0) is 56.1 Å². The lowest BCUT2D eigenvalue weighted by atomic mass is 10.1. The minimum absolute atomic E-state index is 0.0213. The summed E-state index contributed by atoms with van der Waals surface area (Å²) in [7, 11) is -3.68. The second kappa shape index (κ2) is 7.32. The predicted molar refractivity (Wildman–Crippen MR) is 104 cm³/mol. The molecule has 2 unspecified atom stereocenters. The summed E-state index contributed by atoms with van der Waals surface area (Å²) in [6.07, 6.45) is 3.02. The number of hydrogen-bond donors (Lipinski definition) is 2. The molecule has 0 aliphatic carbocycles. The highest BCUT2D eigenvalue weighted by Crippen LogP contribution is 2.30. The maximum absolute atomic E-state index is 13.1. The number of sulfonamides is 1. The van der Waals surface area contributed by atoms with E-state index in [-0.39, 0.29) is 22.9 Å². The molecule has 142 valence electrons. The van der Waals surface area contributed by atoms with E-state index in [9.17, 15) is 13.2 Å². The van der Waals surface area contributed by atoms with Crippen LogP contribution in [0.3, 0.4) is 0 Å². The summed E-state index contributed by atoms with van der Waals surface area (Å²) in [4.78, 5) is 15.3. The Morgan fingerprint density at radius 2 is 1.78 bits per heavy atom. The summed E-state index contributed by atoms with van der Waals surface area (Å²) in [5.74, 6) is -0.0213. The Bertz CT molecular complexity index is 916. The van der Waals surface area contributed by atoms with Gasteiger partial charge in [0, 0.05) is 29.9 Å². The number of amides is 1. The van der Waals surface area contributed by atoms with Crippen LogP contribution in [0, 0.1) is 0 Å². The van der Waals surface area contributed by atoms with E-state index in [1.807, 2.05) is 4.90 Å². The molecule has 6 nitrogen and oxygen atoms in total. The third-order valence-corrected chi connectivity index (χ3v) is 6.70. The smallest absolute Gasteiger partial charge is 0.261 e. The van der Waals surface area contributed by atoms with Crippen molar-refractivity contribution in [3.05, 3.63) is 60.2 Å². The van der Waals surface area contributed by atoms with Crippen LogP contribution in [-0.4, -0.2) is 44.4 Å². The number of nitrogens with one attached hydrogen (secondary N) is 2. The summed E-state index contributed by atoms with van der Waals surface area (Å²) >= 11 is 0. The van der Waals surface area contributed by atoms with Crippen LogP contribution in [-0.2, 0) is 10.0 Å². The van der Waals surface area contributed by atoms with Crippen molar-refractivity contribution in [2.24, 2.45) is 0 Å². The zero-order chi connectivity index (χ0) is 18.9. The van der Waals surface area contributed by atoms with Gasteiger partial charge in [-0.1, -0.05) is 24.3 Å². The Balaban J connectivity index is 1.57. The zero-order valence-corrected chi connectivity index (χ0v) is 15.8. The standard InChI is InChI=1S/C20H23N3O3S/c24-20(23-17-9-10-18(23)14-21-12-11-17)15-5-4-6-16(13-15)22-27(25,26)19-7-2-1-3-8-19/h1-8,13,17-18,21-22H,9-12,14H2. The first-order valence-electron chi connectivity index (χ1n) is 9.26. The van der Waals surface area contributed by atoms with Crippen LogP contribution in [0.15, 0.2) is 59.5 Å². The molecular formula is C20H23N3O3S. The van der Waals surface area contributed by atoms with Gasteiger partial charge in [-0.15, -0.1) is 0 Å². The summed E-state index contributed by atoms with van der Waals surface area (Å²) in [5.41, 5.74) is 0.909. The average Bonchev–Trinajstić information content (AvgIpc) is 2.94. The highest BCUT2D eigenvalue weighted by molar-refractivity contribution is 7.92. The number of benzene rings is 2. The fourth-order valence-electron chi connectivity index (χ4n) is 3.99. The molecular weight excluding hydrogens is 362 g/mol. The van der Waals surface area contributed by atoms with Gasteiger partial charge < -0.3 is 10.2 Å². The van der Waals surface area contributed by atoms with Gasteiger partial charge in [0.2, 0.25) is 0 Å². The quantitative estimate of drug-likeness (QED) is 0.847. The van der Waals surface area contributed by atoms with E-state index >= 15 is 0 Å². The minimum Gasteiger partial charge on any atom is -0.331 e. The maximum Gasteiger partial charge on any atom is 0.261 e. The highest BCUT2D eigenvalue weighted by atomic mass is 32.2. The van der Waals surface area contributed by atoms with Gasteiger partial charge in [0.25, 0.3) is 15.9 Å². The molecule has 2 heterocycles. The molecule has 7 heteroatoms. The molecule has 2 fully saturated rings. The Labute approximate surface area is 159 Å². The number of carbonyl (C=O) groups is 1. The lowest BCUT2D eigenvalue weighted by molar-refractivity contribution is 0.0680. The van der Waals surface area contributed by atoms with Gasteiger partial charge in [-0.2, -0.15) is 0 Å². The minimum atomic E-state index is -3.68. The van der Waals surface area contributed by atoms with Crippen LogP contribution < -0.4 is 10.0 Å². The second-order valence-corrected chi connectivity index (χ2v) is 8.77. The second-order valence-electron chi connectivity index (χ2n) is 7.09. The number of fused-ring (bicyclic) bond motifs is 2. The van der Waals surface area contributed by atoms with Gasteiger partial charge in [0.15, 0.2) is 0 Å². The van der Waals surface area contributed by atoms with E-state index in [0.29, 0.717) is 11.3 Å². The van der Waals surface area contributed by atoms with Gasteiger partial charge in [-0.3, -0.25) is 9.52 Å². The molecule has 2 N–H and O–H groups in total. The molecule has 27 heavy (non-hydrogen) atoms. The Morgan fingerprint density at radius 3 is 2.59 bits per heavy atom. The largest absolute Gasteiger partial charge is 0.331 e. The topological polar surface area (TPSA) is 78.5 Å². The lowest BCUT2D eigenvalue weighted by Crippen LogP contribution is -2.42. The molecule has 2 bridgehead atoms. The fourth-order valence-corrected chi connectivity index (χ4v) is 5.06. The van der Waals surface area contributed by atoms with Crippen molar-refractivity contribution in [3.63, 3.8) is 0 Å². The average molecular weight is 385 g/mol. The van der Waals surface area contributed by atoms with Crippen molar-refractivity contribution in [3.8, 4) is 0 Å². The third-order valence-electron chi connectivity index (χ3n) is 5.30. The molecule has 0 spiro atoms. The number of rotatable bonds is 4. The SMILES string of the molecule is O=C(c1cccc(NS(=O)(=O)c2ccccc2)c1)N1C2CCNCC1CC2. The van der Waals surface area contributed by atoms with E-state index < -0.39 is 10.0 Å². The first-order chi connectivity index (χ1) is 13.0. The number of carbonyl (C=O) groups excluding carboxylic acids is 1. The molecule has 2 aromatic rings. The Morgan fingerprint density at radius 1 is 1.00 bits per heavy atom. The zero-order valence-electron chi connectivity index (χ0n) is 15.0. The lowest BCUT2D eigenvalue weighted by Gasteiger charge is -2.28. The van der Waals surface area contributed by atoms with Gasteiger partial charge >= 0.3 is 0 Å². The van der Waals surface area contributed by atoms with Gasteiger partial charge in [0.1, 0.15) is 0 Å². The van der Waals surface area contributed by atoms with Crippen LogP contribution in [0.4, 0.5) is 5.69 Å². The first kappa shape index (κ1) is 18.0. The molecule has 2 aliphatic rings. The van der Waals surface area contributed by atoms with Crippen LogP contribution in [0.25, 0.3) is 0 Å². The van der Waals surface area contributed by atoms with E-state index in [2.05, 4.69) is 10.0 Å². The van der Waals surface area contributed by atoms with Crippen molar-refractivity contribution in [2.75, 3.05) is 17.8 Å². The van der Waals surface area contributed by atoms with Crippen molar-refractivity contribution in [2.45, 2.75) is 36.2 Å². The fraction of sp³-hybridized carbons (Fsp3) is 0.350. The van der Waals surface area contributed by atoms with Gasteiger partial charge in [-0.25, -0.2) is 8.42 Å². The third kappa shape index (κ3) is 3.70. The molecule has 0 saturated carbocycles. The van der Waals surface area contributed by atoms with Crippen LogP contribution in [0.5, 0.6) is 0 Å². The monoisotopic (exact) mass is 385 g/mol. The first-order valence-corrected chi connectivity index (χ1v) is 10.7. The summed E-state index contributed by atoms with van der Waals surface area (Å²) < 4.78 is 27.6. The molecule has 4 rings (SSSR count). The molecule has 2 aromatic carbocycles. The van der Waals surface area contributed by atoms with Crippen molar-refractivity contribution < 1.29 is 13.2 Å². The molecule has 2 atom stereocenters. The van der Waals surface area contributed by atoms with Crippen LogP contribution >= 0.6 is 0 Å². The van der Waals surface area contributed by atoms with E-state index in [1.54, 1.807) is 54.6 Å². The maximum atomic E-state index is 13.1.